The molecule has 0 unspecified atom stereocenters. The molecule has 0 spiro atoms. The summed E-state index contributed by atoms with van der Waals surface area (Å²) in [6.07, 6.45) is 1.21. The minimum Gasteiger partial charge on any atom is -0.365 e. The Morgan fingerprint density at radius 1 is 1.24 bits per heavy atom. The number of anilines is 1. The molecule has 0 radical (unpaired) electrons. The molecule has 1 heterocycles. The average molecular weight is 234 g/mol. The molecule has 1 aromatic carbocycles. The maximum absolute atomic E-state index is 11.0. The van der Waals surface area contributed by atoms with Crippen LogP contribution in [-0.2, 0) is 0 Å². The van der Waals surface area contributed by atoms with E-state index in [1.54, 1.807) is 12.1 Å². The van der Waals surface area contributed by atoms with Crippen molar-refractivity contribution >= 4 is 11.4 Å². The second kappa shape index (κ2) is 4.73. The molecule has 0 bridgehead atoms. The van der Waals surface area contributed by atoms with E-state index in [0.29, 0.717) is 11.8 Å². The third-order valence-electron chi connectivity index (χ3n) is 3.29. The van der Waals surface area contributed by atoms with E-state index in [-0.39, 0.29) is 10.6 Å². The van der Waals surface area contributed by atoms with Crippen molar-refractivity contribution in [3.8, 4) is 0 Å². The summed E-state index contributed by atoms with van der Waals surface area (Å²) >= 11 is 0. The Morgan fingerprint density at radius 3 is 2.41 bits per heavy atom. The van der Waals surface area contributed by atoms with Crippen molar-refractivity contribution in [3.63, 3.8) is 0 Å². The summed E-state index contributed by atoms with van der Waals surface area (Å²) in [7, 11) is 0. The van der Waals surface area contributed by atoms with Crippen LogP contribution in [0.25, 0.3) is 0 Å². The van der Waals surface area contributed by atoms with Gasteiger partial charge in [-0.15, -0.1) is 0 Å². The summed E-state index contributed by atoms with van der Waals surface area (Å²) in [6, 6.07) is 7.02. The van der Waals surface area contributed by atoms with Crippen LogP contribution in [0.4, 0.5) is 11.4 Å². The van der Waals surface area contributed by atoms with Crippen LogP contribution in [0.3, 0.4) is 0 Å². The Hall–Kier alpha value is -1.58. The minimum absolute atomic E-state index is 0.216. The Morgan fingerprint density at radius 2 is 1.82 bits per heavy atom. The van der Waals surface area contributed by atoms with Gasteiger partial charge in [0, 0.05) is 19.2 Å². The van der Waals surface area contributed by atoms with Crippen LogP contribution in [0.2, 0.25) is 0 Å². The van der Waals surface area contributed by atoms with Crippen molar-refractivity contribution in [2.45, 2.75) is 20.3 Å². The Bertz CT molecular complexity index is 410. The van der Waals surface area contributed by atoms with E-state index in [1.807, 2.05) is 12.1 Å². The lowest BCUT2D eigenvalue weighted by atomic mass is 9.91. The number of rotatable bonds is 2. The molecule has 17 heavy (non-hydrogen) atoms. The first-order valence-electron chi connectivity index (χ1n) is 6.06. The van der Waals surface area contributed by atoms with Crippen LogP contribution in [0.15, 0.2) is 24.3 Å². The van der Waals surface area contributed by atoms with E-state index in [1.165, 1.54) is 6.42 Å². The number of hydrogen-bond acceptors (Lipinski definition) is 3. The Kier molecular flexibility index (Phi) is 3.31. The number of hydrogen-bond donors (Lipinski definition) is 0. The van der Waals surface area contributed by atoms with Gasteiger partial charge in [-0.2, -0.15) is 0 Å². The lowest BCUT2D eigenvalue weighted by Crippen LogP contribution is -2.38. The van der Waals surface area contributed by atoms with Gasteiger partial charge in [-0.1, -0.05) is 26.0 Å². The van der Waals surface area contributed by atoms with Gasteiger partial charge in [-0.05, 0) is 24.3 Å². The van der Waals surface area contributed by atoms with Crippen molar-refractivity contribution in [1.82, 2.24) is 0 Å². The molecule has 1 aromatic rings. The topological polar surface area (TPSA) is 46.4 Å². The lowest BCUT2D eigenvalue weighted by molar-refractivity contribution is -0.384. The molecule has 4 nitrogen and oxygen atoms in total. The minimum atomic E-state index is -0.292. The van der Waals surface area contributed by atoms with Crippen molar-refractivity contribution in [3.05, 3.63) is 34.4 Å². The van der Waals surface area contributed by atoms with Gasteiger partial charge in [0.2, 0.25) is 0 Å². The van der Waals surface area contributed by atoms with Crippen LogP contribution >= 0.6 is 0 Å². The zero-order chi connectivity index (χ0) is 12.4. The van der Waals surface area contributed by atoms with E-state index >= 15 is 0 Å². The summed E-state index contributed by atoms with van der Waals surface area (Å²) in [5.41, 5.74) is 0.977. The summed E-state index contributed by atoms with van der Waals surface area (Å²) in [6.45, 7) is 6.24. The SMILES string of the molecule is C[C@H]1C[C@H](C)CN(c2ccccc2[N+](=O)[O-])C1. The number of piperidine rings is 1. The highest BCUT2D eigenvalue weighted by molar-refractivity contribution is 5.63. The van der Waals surface area contributed by atoms with Gasteiger partial charge in [0.15, 0.2) is 0 Å². The van der Waals surface area contributed by atoms with Gasteiger partial charge in [0.05, 0.1) is 4.92 Å². The van der Waals surface area contributed by atoms with E-state index < -0.39 is 0 Å². The van der Waals surface area contributed by atoms with E-state index in [4.69, 9.17) is 0 Å². The predicted molar refractivity (Wildman–Crippen MR) is 68.3 cm³/mol. The quantitative estimate of drug-likeness (QED) is 0.583. The fourth-order valence-corrected chi connectivity index (χ4v) is 2.75. The van der Waals surface area contributed by atoms with Crippen molar-refractivity contribution in [2.24, 2.45) is 11.8 Å². The largest absolute Gasteiger partial charge is 0.365 e. The highest BCUT2D eigenvalue weighted by Gasteiger charge is 2.26. The Balaban J connectivity index is 2.30. The second-order valence-electron chi connectivity index (χ2n) is 5.10. The molecule has 0 aromatic heterocycles. The summed E-state index contributed by atoms with van der Waals surface area (Å²) in [5.74, 6) is 1.19. The van der Waals surface area contributed by atoms with Crippen LogP contribution in [0, 0.1) is 22.0 Å². The molecule has 0 amide bonds. The van der Waals surface area contributed by atoms with Crippen molar-refractivity contribution < 1.29 is 4.92 Å². The first kappa shape index (κ1) is 11.9. The van der Waals surface area contributed by atoms with Crippen LogP contribution < -0.4 is 4.90 Å². The second-order valence-corrected chi connectivity index (χ2v) is 5.10. The standard InChI is InChI=1S/C13H18N2O2/c1-10-7-11(2)9-14(8-10)12-5-3-4-6-13(12)15(16)17/h3-6,10-11H,7-9H2,1-2H3/t10-,11-/m0/s1. The molecule has 4 heteroatoms. The molecule has 1 fully saturated rings. The van der Waals surface area contributed by atoms with E-state index in [0.717, 1.165) is 18.8 Å². The fourth-order valence-electron chi connectivity index (χ4n) is 2.75. The molecule has 2 atom stereocenters. The maximum Gasteiger partial charge on any atom is 0.292 e. The fraction of sp³-hybridized carbons (Fsp3) is 0.538. The first-order chi connectivity index (χ1) is 8.08. The highest BCUT2D eigenvalue weighted by atomic mass is 16.6. The predicted octanol–water partition coefficient (Wildman–Crippen LogP) is 3.08. The van der Waals surface area contributed by atoms with Gasteiger partial charge in [-0.3, -0.25) is 10.1 Å². The smallest absolute Gasteiger partial charge is 0.292 e. The molecular formula is C13H18N2O2. The summed E-state index contributed by atoms with van der Waals surface area (Å²) in [4.78, 5) is 12.9. The Labute approximate surface area is 101 Å². The van der Waals surface area contributed by atoms with Crippen LogP contribution in [0.5, 0.6) is 0 Å². The van der Waals surface area contributed by atoms with Crippen molar-refractivity contribution in [1.29, 1.82) is 0 Å². The number of nitro benzene ring substituents is 1. The summed E-state index contributed by atoms with van der Waals surface area (Å²) in [5, 5.41) is 11.0. The van der Waals surface area contributed by atoms with Gasteiger partial charge in [-0.25, -0.2) is 0 Å². The first-order valence-corrected chi connectivity index (χ1v) is 6.06. The van der Waals surface area contributed by atoms with Crippen LogP contribution in [0.1, 0.15) is 20.3 Å². The lowest BCUT2D eigenvalue weighted by Gasteiger charge is -2.36. The molecule has 0 saturated carbocycles. The molecule has 2 rings (SSSR count). The monoisotopic (exact) mass is 234 g/mol. The third kappa shape index (κ3) is 2.57. The molecule has 1 aliphatic rings. The molecule has 0 aliphatic carbocycles. The number of para-hydroxylation sites is 2. The zero-order valence-corrected chi connectivity index (χ0v) is 10.3. The van der Waals surface area contributed by atoms with Gasteiger partial charge >= 0.3 is 0 Å². The summed E-state index contributed by atoms with van der Waals surface area (Å²) < 4.78 is 0. The number of nitro groups is 1. The van der Waals surface area contributed by atoms with Crippen molar-refractivity contribution in [2.75, 3.05) is 18.0 Å². The molecule has 1 saturated heterocycles. The zero-order valence-electron chi connectivity index (χ0n) is 10.3. The van der Waals surface area contributed by atoms with E-state index in [2.05, 4.69) is 18.7 Å². The molecular weight excluding hydrogens is 216 g/mol. The van der Waals surface area contributed by atoms with E-state index in [9.17, 15) is 10.1 Å². The normalized spacial score (nSPS) is 24.7. The molecule has 92 valence electrons. The average Bonchev–Trinajstić information content (AvgIpc) is 2.27. The number of benzene rings is 1. The maximum atomic E-state index is 11.0. The molecule has 1 aliphatic heterocycles. The van der Waals surface area contributed by atoms with Gasteiger partial charge in [0.25, 0.3) is 5.69 Å². The van der Waals surface area contributed by atoms with Gasteiger partial charge < -0.3 is 4.90 Å². The number of nitrogens with zero attached hydrogens (tertiary/aromatic N) is 2. The van der Waals surface area contributed by atoms with Gasteiger partial charge in [0.1, 0.15) is 5.69 Å². The third-order valence-corrected chi connectivity index (χ3v) is 3.29. The van der Waals surface area contributed by atoms with Crippen LogP contribution in [-0.4, -0.2) is 18.0 Å². The highest BCUT2D eigenvalue weighted by Crippen LogP contribution is 2.32. The molecule has 0 N–H and O–H groups in total.